The third-order valence-electron chi connectivity index (χ3n) is 17.6. The first-order valence-corrected chi connectivity index (χ1v) is 38.1. The zero-order chi connectivity index (χ0) is 69.2. The SMILES string of the molecule is C.C.C.C.C.C.CC(C)(C)CCCCCOCCN1CC1.CC(C)(C)CCN1CC1.CC(C)(C)CCN1CC2CCC1C2.CCCCCCC(C)(C)C.CN(C)CCOCCC(C)(C)C.CN(CCOCCN1CC1)CCC(C)(C)C.CN(CCOCCN1CC1)CCC(C)(C)C. The van der Waals surface area contributed by atoms with Crippen LogP contribution in [0.15, 0.2) is 0 Å². The van der Waals surface area contributed by atoms with Crippen molar-refractivity contribution in [3.8, 4) is 0 Å². The molecule has 0 N–H and O–H groups in total. The maximum Gasteiger partial charge on any atom is 0.0594 e. The fourth-order valence-electron chi connectivity index (χ4n) is 9.90. The molecule has 596 valence electrons. The van der Waals surface area contributed by atoms with Crippen molar-refractivity contribution < 1.29 is 18.9 Å². The summed E-state index contributed by atoms with van der Waals surface area (Å²) < 4.78 is 22.3. The van der Waals surface area contributed by atoms with E-state index in [0.29, 0.717) is 37.9 Å². The van der Waals surface area contributed by atoms with Crippen molar-refractivity contribution in [2.45, 2.75) is 312 Å². The second-order valence-corrected chi connectivity index (χ2v) is 37.3. The molecule has 0 aromatic heterocycles. The number of ether oxygens (including phenoxy) is 4. The van der Waals surface area contributed by atoms with Crippen LogP contribution in [0.1, 0.15) is 306 Å². The molecule has 2 atom stereocenters. The molecule has 2 unspecified atom stereocenters. The summed E-state index contributed by atoms with van der Waals surface area (Å²) in [6, 6.07) is 0.965. The lowest BCUT2D eigenvalue weighted by Gasteiger charge is -2.29. The van der Waals surface area contributed by atoms with Crippen LogP contribution in [0.25, 0.3) is 0 Å². The molecule has 6 fully saturated rings. The average molecular weight is 1390 g/mol. The van der Waals surface area contributed by atoms with Gasteiger partial charge >= 0.3 is 0 Å². The number of unbranched alkanes of at least 4 members (excludes halogenated alkanes) is 5. The number of hydrogen-bond acceptors (Lipinski definition) is 12. The van der Waals surface area contributed by atoms with Crippen molar-refractivity contribution in [3.05, 3.63) is 0 Å². The van der Waals surface area contributed by atoms with Gasteiger partial charge in [-0.05, 0) is 169 Å². The van der Waals surface area contributed by atoms with E-state index in [2.05, 4.69) is 220 Å². The summed E-state index contributed by atoms with van der Waals surface area (Å²) in [7, 11) is 8.49. The molecule has 97 heavy (non-hydrogen) atoms. The lowest BCUT2D eigenvalue weighted by molar-refractivity contribution is 0.0957. The van der Waals surface area contributed by atoms with Crippen LogP contribution in [-0.2, 0) is 18.9 Å². The van der Waals surface area contributed by atoms with Crippen LogP contribution in [-0.4, -0.2) is 251 Å². The summed E-state index contributed by atoms with van der Waals surface area (Å²) in [5, 5.41) is 0. The lowest BCUT2D eigenvalue weighted by atomic mass is 9.89. The number of fused-ring (bicyclic) bond motifs is 2. The highest BCUT2D eigenvalue weighted by molar-refractivity contribution is 4.92. The van der Waals surface area contributed by atoms with Crippen LogP contribution in [0.5, 0.6) is 0 Å². The molecule has 0 aromatic rings. The quantitative estimate of drug-likeness (QED) is 0.0440. The highest BCUT2D eigenvalue weighted by Crippen LogP contribution is 2.38. The normalized spacial score (nSPS) is 17.5. The van der Waals surface area contributed by atoms with Crippen molar-refractivity contribution in [2.24, 2.45) is 43.8 Å². The van der Waals surface area contributed by atoms with E-state index in [0.717, 1.165) is 111 Å². The molecule has 0 aromatic carbocycles. The summed E-state index contributed by atoms with van der Waals surface area (Å²) in [6.45, 7) is 81.0. The van der Waals surface area contributed by atoms with E-state index in [9.17, 15) is 0 Å². The second kappa shape index (κ2) is 59.7. The Balaban J connectivity index is -0.000000194. The van der Waals surface area contributed by atoms with Crippen molar-refractivity contribution >= 4 is 0 Å². The van der Waals surface area contributed by atoms with Crippen LogP contribution in [0.3, 0.4) is 0 Å². The largest absolute Gasteiger partial charge is 0.380 e. The molecular formula is C85H192N8O4. The van der Waals surface area contributed by atoms with Gasteiger partial charge in [-0.2, -0.15) is 0 Å². The number of likely N-dealkylation sites (tertiary alicyclic amines) is 1. The molecule has 1 aliphatic carbocycles. The van der Waals surface area contributed by atoms with E-state index in [-0.39, 0.29) is 44.6 Å². The van der Waals surface area contributed by atoms with Crippen LogP contribution in [0.4, 0.5) is 0 Å². The van der Waals surface area contributed by atoms with Gasteiger partial charge in [-0.25, -0.2) is 0 Å². The Morgan fingerprint density at radius 1 is 0.309 bits per heavy atom. The lowest BCUT2D eigenvalue weighted by Crippen LogP contribution is -2.34. The number of rotatable bonds is 37. The van der Waals surface area contributed by atoms with Gasteiger partial charge in [0, 0.05) is 117 Å². The van der Waals surface area contributed by atoms with Crippen LogP contribution in [0, 0.1) is 43.8 Å². The molecular weight excluding hydrogens is 1200 g/mol. The minimum atomic E-state index is 0. The molecule has 0 radical (unpaired) electrons. The second-order valence-electron chi connectivity index (χ2n) is 37.3. The Kier molecular flexibility index (Phi) is 67.7. The minimum absolute atomic E-state index is 0. The molecule has 12 heteroatoms. The molecule has 0 amide bonds. The Morgan fingerprint density at radius 3 is 0.959 bits per heavy atom. The van der Waals surface area contributed by atoms with Gasteiger partial charge in [0.1, 0.15) is 0 Å². The summed E-state index contributed by atoms with van der Waals surface area (Å²) in [4.78, 5) is 19.3. The summed E-state index contributed by atoms with van der Waals surface area (Å²) >= 11 is 0. The smallest absolute Gasteiger partial charge is 0.0594 e. The molecule has 6 rings (SSSR count). The molecule has 1 saturated carbocycles. The summed E-state index contributed by atoms with van der Waals surface area (Å²) in [5.41, 5.74) is 3.37. The van der Waals surface area contributed by atoms with Crippen LogP contribution >= 0.6 is 0 Å². The van der Waals surface area contributed by atoms with Crippen molar-refractivity contribution in [3.63, 3.8) is 0 Å². The molecule has 5 saturated heterocycles. The predicted octanol–water partition coefficient (Wildman–Crippen LogP) is 20.8. The van der Waals surface area contributed by atoms with Crippen molar-refractivity contribution in [1.82, 2.24) is 39.2 Å². The first-order chi connectivity index (χ1) is 42.1. The first-order valence-electron chi connectivity index (χ1n) is 38.1. The number of nitrogens with zero attached hydrogens (tertiary/aromatic N) is 8. The topological polar surface area (TPSA) is 61.9 Å². The van der Waals surface area contributed by atoms with Gasteiger partial charge in [0.2, 0.25) is 0 Å². The standard InChI is InChI=1S/2C13H28N2O.C13H27NO.C12H23N.C10H23NO.C10H22.C8H17N.6CH4/c2*1-13(2,3)5-6-14(4)9-11-16-12-10-15-7-8-15;1-13(2,3)7-5-4-6-11-15-12-10-14-8-9-14;1-12(2,3)6-7-13-9-10-4-5-11(13)8-10;1-10(2,3)6-8-12-9-7-11(4)5;1-5-6-7-8-9-10(2,3)4;1-8(2,3)4-5-9-6-7-9;;;;;;/h2*5-12H2,1-4H3;4-12H2,1-3H3;10-11H,4-9H2,1-3H3;6-9H2,1-5H3;5-9H2,1-4H3;4-7H2,1-3H3;6*1H4. The van der Waals surface area contributed by atoms with E-state index in [1.807, 2.05) is 0 Å². The van der Waals surface area contributed by atoms with Crippen LogP contribution < -0.4 is 0 Å². The van der Waals surface area contributed by atoms with E-state index < -0.39 is 0 Å². The fourth-order valence-corrected chi connectivity index (χ4v) is 9.90. The molecule has 0 spiro atoms. The maximum atomic E-state index is 5.60. The predicted molar refractivity (Wildman–Crippen MR) is 442 cm³/mol. The Bertz CT molecular complexity index is 1590. The third kappa shape index (κ3) is 89.7. The molecule has 12 nitrogen and oxygen atoms in total. The summed E-state index contributed by atoms with van der Waals surface area (Å²) in [6.07, 6.45) is 23.0. The highest BCUT2D eigenvalue weighted by atomic mass is 16.5. The van der Waals surface area contributed by atoms with Crippen molar-refractivity contribution in [1.29, 1.82) is 0 Å². The Hall–Kier alpha value is -0.480. The van der Waals surface area contributed by atoms with Gasteiger partial charge in [0.25, 0.3) is 0 Å². The Labute approximate surface area is 616 Å². The fraction of sp³-hybridized carbons (Fsp3) is 1.00. The number of piperidine rings is 1. The number of likely N-dealkylation sites (N-methyl/N-ethyl adjacent to an activating group) is 3. The molecule has 2 bridgehead atoms. The Morgan fingerprint density at radius 2 is 0.639 bits per heavy atom. The average Bonchev–Trinajstić information content (AvgIpc) is 1.68. The molecule has 6 aliphatic rings. The maximum absolute atomic E-state index is 5.60. The van der Waals surface area contributed by atoms with Crippen molar-refractivity contribution in [2.75, 3.05) is 205 Å². The van der Waals surface area contributed by atoms with E-state index in [4.69, 9.17) is 18.9 Å². The van der Waals surface area contributed by atoms with Gasteiger partial charge in [-0.1, -0.05) is 235 Å². The minimum Gasteiger partial charge on any atom is -0.380 e. The zero-order valence-corrected chi connectivity index (χ0v) is 67.0. The zero-order valence-electron chi connectivity index (χ0n) is 67.0. The monoisotopic (exact) mass is 1390 g/mol. The van der Waals surface area contributed by atoms with Gasteiger partial charge in [-0.3, -0.25) is 14.7 Å². The highest BCUT2D eigenvalue weighted by Gasteiger charge is 2.37. The van der Waals surface area contributed by atoms with E-state index in [1.54, 1.807) is 0 Å². The molecule has 5 aliphatic heterocycles. The third-order valence-corrected chi connectivity index (χ3v) is 17.6. The first kappa shape index (κ1) is 110. The van der Waals surface area contributed by atoms with E-state index in [1.165, 1.54) is 188 Å². The molecule has 5 heterocycles. The van der Waals surface area contributed by atoms with E-state index >= 15 is 0 Å². The van der Waals surface area contributed by atoms with Gasteiger partial charge in [0.15, 0.2) is 0 Å². The van der Waals surface area contributed by atoms with Gasteiger partial charge in [0.05, 0.1) is 39.6 Å². The summed E-state index contributed by atoms with van der Waals surface area (Å²) in [5.74, 6) is 1.06. The van der Waals surface area contributed by atoms with Gasteiger partial charge in [-0.15, -0.1) is 0 Å². The van der Waals surface area contributed by atoms with Crippen LogP contribution in [0.2, 0.25) is 0 Å². The van der Waals surface area contributed by atoms with Gasteiger partial charge < -0.3 is 43.4 Å². The number of hydrogen-bond donors (Lipinski definition) is 0.